The summed E-state index contributed by atoms with van der Waals surface area (Å²) in [7, 11) is 0. The van der Waals surface area contributed by atoms with Gasteiger partial charge in [-0.2, -0.15) is 0 Å². The minimum atomic E-state index is -1.20. The highest BCUT2D eigenvalue weighted by Crippen LogP contribution is 2.25. The number of carbonyl (C=O) groups is 1. The van der Waals surface area contributed by atoms with E-state index in [-0.39, 0.29) is 5.75 Å². The summed E-state index contributed by atoms with van der Waals surface area (Å²) in [5, 5.41) is 19.3. The second-order valence-electron chi connectivity index (χ2n) is 3.13. The summed E-state index contributed by atoms with van der Waals surface area (Å²) in [6.45, 7) is 2.88. The maximum Gasteiger partial charge on any atom is 0.406 e. The fourth-order valence-corrected chi connectivity index (χ4v) is 0.994. The van der Waals surface area contributed by atoms with E-state index in [4.69, 9.17) is 9.84 Å². The maximum absolute atomic E-state index is 10.6. The lowest BCUT2D eigenvalue weighted by Crippen LogP contribution is -2.23. The molecule has 1 unspecified atom stereocenters. The number of nitrogens with zero attached hydrogens (tertiary/aromatic N) is 2. The van der Waals surface area contributed by atoms with Crippen LogP contribution in [0.15, 0.2) is 12.1 Å². The number of hydrogen-bond donors (Lipinski definition) is 1. The molecular formula is C9H10N2O5. The standard InChI is InChI=1S/C9H10N2O5/c1-5-3-4-7(8(10-5)11(14)15)16-6(2)9(12)13/h3-4,6H,1-2H3,(H,12,13). The van der Waals surface area contributed by atoms with E-state index in [2.05, 4.69) is 4.98 Å². The average molecular weight is 226 g/mol. The predicted octanol–water partition coefficient (Wildman–Crippen LogP) is 1.15. The quantitative estimate of drug-likeness (QED) is 0.610. The van der Waals surface area contributed by atoms with Gasteiger partial charge >= 0.3 is 11.8 Å². The Morgan fingerprint density at radius 2 is 2.25 bits per heavy atom. The van der Waals surface area contributed by atoms with Crippen LogP contribution in [0.1, 0.15) is 12.6 Å². The fraction of sp³-hybridized carbons (Fsp3) is 0.333. The molecule has 7 heteroatoms. The Morgan fingerprint density at radius 1 is 1.62 bits per heavy atom. The number of nitro groups is 1. The van der Waals surface area contributed by atoms with Gasteiger partial charge in [0.1, 0.15) is 5.69 Å². The summed E-state index contributed by atoms with van der Waals surface area (Å²) in [5.41, 5.74) is 0.460. The maximum atomic E-state index is 10.6. The van der Waals surface area contributed by atoms with Gasteiger partial charge in [-0.15, -0.1) is 0 Å². The molecule has 0 aliphatic heterocycles. The first-order valence-electron chi connectivity index (χ1n) is 4.43. The van der Waals surface area contributed by atoms with Crippen LogP contribution in [0.3, 0.4) is 0 Å². The minimum absolute atomic E-state index is 0.148. The van der Waals surface area contributed by atoms with E-state index in [0.717, 1.165) is 0 Å². The molecule has 0 saturated heterocycles. The third kappa shape index (κ3) is 2.66. The van der Waals surface area contributed by atoms with Crippen LogP contribution in [-0.2, 0) is 4.79 Å². The number of ether oxygens (including phenoxy) is 1. The molecule has 7 nitrogen and oxygen atoms in total. The number of aromatic nitrogens is 1. The molecular weight excluding hydrogens is 216 g/mol. The molecule has 0 aromatic carbocycles. The van der Waals surface area contributed by atoms with Gasteiger partial charge in [0, 0.05) is 6.92 Å². The van der Waals surface area contributed by atoms with Gasteiger partial charge in [0.15, 0.2) is 6.10 Å². The highest BCUT2D eigenvalue weighted by molar-refractivity contribution is 5.72. The van der Waals surface area contributed by atoms with Crippen LogP contribution in [0, 0.1) is 17.0 Å². The van der Waals surface area contributed by atoms with Crippen molar-refractivity contribution in [1.29, 1.82) is 0 Å². The van der Waals surface area contributed by atoms with Gasteiger partial charge in [0.05, 0.1) is 0 Å². The SMILES string of the molecule is Cc1ccc(OC(C)C(=O)O)c([N+](=O)[O-])n1. The zero-order chi connectivity index (χ0) is 12.3. The second kappa shape index (κ2) is 4.56. The highest BCUT2D eigenvalue weighted by atomic mass is 16.6. The number of aryl methyl sites for hydroxylation is 1. The molecule has 86 valence electrons. The number of carboxylic acids is 1. The molecule has 0 aliphatic carbocycles. The molecule has 0 spiro atoms. The van der Waals surface area contributed by atoms with Crippen LogP contribution in [-0.4, -0.2) is 27.1 Å². The van der Waals surface area contributed by atoms with E-state index < -0.39 is 22.8 Å². The number of aliphatic carboxylic acids is 1. The Hall–Kier alpha value is -2.18. The van der Waals surface area contributed by atoms with E-state index >= 15 is 0 Å². The Labute approximate surface area is 90.8 Å². The van der Waals surface area contributed by atoms with Crippen molar-refractivity contribution < 1.29 is 19.6 Å². The summed E-state index contributed by atoms with van der Waals surface area (Å²) in [4.78, 5) is 24.1. The van der Waals surface area contributed by atoms with Crippen LogP contribution in [0.4, 0.5) is 5.82 Å². The van der Waals surface area contributed by atoms with Crippen molar-refractivity contribution in [3.63, 3.8) is 0 Å². The van der Waals surface area contributed by atoms with Crippen molar-refractivity contribution >= 4 is 11.8 Å². The molecule has 1 rings (SSSR count). The highest BCUT2D eigenvalue weighted by Gasteiger charge is 2.22. The van der Waals surface area contributed by atoms with Crippen molar-refractivity contribution in [2.45, 2.75) is 20.0 Å². The lowest BCUT2D eigenvalue weighted by molar-refractivity contribution is -0.390. The van der Waals surface area contributed by atoms with Crippen LogP contribution < -0.4 is 4.74 Å². The van der Waals surface area contributed by atoms with Gasteiger partial charge in [0.25, 0.3) is 0 Å². The predicted molar refractivity (Wildman–Crippen MR) is 53.4 cm³/mol. The Bertz CT molecular complexity index is 432. The van der Waals surface area contributed by atoms with Crippen LogP contribution >= 0.6 is 0 Å². The third-order valence-corrected chi connectivity index (χ3v) is 1.80. The molecule has 1 N–H and O–H groups in total. The normalized spacial score (nSPS) is 11.9. The summed E-state index contributed by atoms with van der Waals surface area (Å²) in [5.74, 6) is -1.83. The fourth-order valence-electron chi connectivity index (χ4n) is 0.994. The first-order chi connectivity index (χ1) is 7.41. The van der Waals surface area contributed by atoms with Crippen molar-refractivity contribution in [2.75, 3.05) is 0 Å². The van der Waals surface area contributed by atoms with Gasteiger partial charge < -0.3 is 20.0 Å². The van der Waals surface area contributed by atoms with Crippen molar-refractivity contribution in [1.82, 2.24) is 4.98 Å². The number of pyridine rings is 1. The summed E-state index contributed by atoms with van der Waals surface area (Å²) in [6, 6.07) is 2.84. The van der Waals surface area contributed by atoms with E-state index in [1.807, 2.05) is 0 Å². The van der Waals surface area contributed by atoms with Crippen LogP contribution in [0.2, 0.25) is 0 Å². The van der Waals surface area contributed by atoms with Crippen LogP contribution in [0.5, 0.6) is 5.75 Å². The third-order valence-electron chi connectivity index (χ3n) is 1.80. The molecule has 0 aliphatic rings. The Balaban J connectivity index is 3.04. The van der Waals surface area contributed by atoms with Crippen molar-refractivity contribution in [3.05, 3.63) is 27.9 Å². The first-order valence-corrected chi connectivity index (χ1v) is 4.43. The van der Waals surface area contributed by atoms with Crippen molar-refractivity contribution in [3.8, 4) is 5.75 Å². The molecule has 0 saturated carbocycles. The molecule has 1 aromatic rings. The molecule has 1 heterocycles. The number of carboxylic acid groups (broad SMARTS) is 1. The van der Waals surface area contributed by atoms with E-state index in [9.17, 15) is 14.9 Å². The summed E-state index contributed by atoms with van der Waals surface area (Å²) in [6.07, 6.45) is -1.16. The molecule has 0 bridgehead atoms. The van der Waals surface area contributed by atoms with Gasteiger partial charge in [0.2, 0.25) is 5.75 Å². The van der Waals surface area contributed by atoms with E-state index in [1.165, 1.54) is 19.1 Å². The lowest BCUT2D eigenvalue weighted by atomic mass is 10.3. The second-order valence-corrected chi connectivity index (χ2v) is 3.13. The smallest absolute Gasteiger partial charge is 0.406 e. The monoisotopic (exact) mass is 226 g/mol. The topological polar surface area (TPSA) is 103 Å². The molecule has 1 aromatic heterocycles. The Morgan fingerprint density at radius 3 is 2.75 bits per heavy atom. The molecule has 1 atom stereocenters. The number of hydrogen-bond acceptors (Lipinski definition) is 5. The zero-order valence-corrected chi connectivity index (χ0v) is 8.71. The van der Waals surface area contributed by atoms with Crippen LogP contribution in [0.25, 0.3) is 0 Å². The number of rotatable bonds is 4. The molecule has 16 heavy (non-hydrogen) atoms. The summed E-state index contributed by atoms with van der Waals surface area (Å²) < 4.78 is 4.92. The van der Waals surface area contributed by atoms with Gasteiger partial charge in [-0.05, 0) is 29.0 Å². The lowest BCUT2D eigenvalue weighted by Gasteiger charge is -2.09. The summed E-state index contributed by atoms with van der Waals surface area (Å²) >= 11 is 0. The zero-order valence-electron chi connectivity index (χ0n) is 8.71. The largest absolute Gasteiger partial charge is 0.479 e. The van der Waals surface area contributed by atoms with Gasteiger partial charge in [-0.25, -0.2) is 4.79 Å². The van der Waals surface area contributed by atoms with E-state index in [0.29, 0.717) is 5.69 Å². The van der Waals surface area contributed by atoms with Gasteiger partial charge in [-0.3, -0.25) is 0 Å². The van der Waals surface area contributed by atoms with Crippen molar-refractivity contribution in [2.24, 2.45) is 0 Å². The first kappa shape index (κ1) is 11.9. The molecule has 0 amide bonds. The molecule has 0 fully saturated rings. The molecule has 0 radical (unpaired) electrons. The minimum Gasteiger partial charge on any atom is -0.479 e. The van der Waals surface area contributed by atoms with Gasteiger partial charge in [-0.1, -0.05) is 0 Å². The van der Waals surface area contributed by atoms with E-state index in [1.54, 1.807) is 6.92 Å². The Kier molecular flexibility index (Phi) is 3.39. The average Bonchev–Trinajstić information content (AvgIpc) is 2.20.